The van der Waals surface area contributed by atoms with Gasteiger partial charge < -0.3 is 16.3 Å². The van der Waals surface area contributed by atoms with Crippen LogP contribution in [0, 0.1) is 11.8 Å². The fraction of sp³-hybridized carbons (Fsp3) is 0.857. The van der Waals surface area contributed by atoms with Gasteiger partial charge in [-0.3, -0.25) is 4.79 Å². The quantitative estimate of drug-likeness (QED) is 0.247. The van der Waals surface area contributed by atoms with Crippen LogP contribution in [0.15, 0.2) is 5.16 Å². The van der Waals surface area contributed by atoms with Crippen molar-refractivity contribution in [2.75, 3.05) is 6.54 Å². The average Bonchev–Trinajstić information content (AvgIpc) is 2.43. The Bertz CT molecular complexity index is 280. The zero-order valence-electron chi connectivity index (χ0n) is 12.5. The minimum absolute atomic E-state index is 0.000886. The highest BCUT2D eigenvalue weighted by Gasteiger charge is 2.22. The Kier molecular flexibility index (Phi) is 9.94. The molecule has 5 heteroatoms. The fourth-order valence-electron chi connectivity index (χ4n) is 2.08. The van der Waals surface area contributed by atoms with Gasteiger partial charge in [-0.25, -0.2) is 0 Å². The summed E-state index contributed by atoms with van der Waals surface area (Å²) in [5, 5.41) is 14.6. The molecule has 2 atom stereocenters. The zero-order chi connectivity index (χ0) is 14.7. The van der Waals surface area contributed by atoms with Crippen molar-refractivity contribution in [1.82, 2.24) is 5.32 Å². The third-order valence-corrected chi connectivity index (χ3v) is 3.47. The molecule has 1 amide bonds. The highest BCUT2D eigenvalue weighted by molar-refractivity contribution is 6.02. The summed E-state index contributed by atoms with van der Waals surface area (Å²) in [4.78, 5) is 12.0. The zero-order valence-corrected chi connectivity index (χ0v) is 12.5. The molecular weight excluding hydrogens is 242 g/mol. The monoisotopic (exact) mass is 271 g/mol. The average molecular weight is 271 g/mol. The molecule has 0 radical (unpaired) electrons. The minimum Gasteiger partial charge on any atom is -0.409 e. The lowest BCUT2D eigenvalue weighted by atomic mass is 9.98. The molecule has 0 heterocycles. The van der Waals surface area contributed by atoms with Gasteiger partial charge in [0.25, 0.3) is 0 Å². The summed E-state index contributed by atoms with van der Waals surface area (Å²) in [5.41, 5.74) is 5.56. The van der Waals surface area contributed by atoms with Gasteiger partial charge >= 0.3 is 0 Å². The largest absolute Gasteiger partial charge is 0.409 e. The predicted molar refractivity (Wildman–Crippen MR) is 78.1 cm³/mol. The molecular formula is C14H29N3O2. The van der Waals surface area contributed by atoms with Crippen LogP contribution < -0.4 is 11.1 Å². The summed E-state index contributed by atoms with van der Waals surface area (Å²) < 4.78 is 0. The highest BCUT2D eigenvalue weighted by atomic mass is 16.4. The van der Waals surface area contributed by atoms with Crippen molar-refractivity contribution in [1.29, 1.82) is 0 Å². The van der Waals surface area contributed by atoms with Gasteiger partial charge in [0.1, 0.15) is 0 Å². The van der Waals surface area contributed by atoms with Gasteiger partial charge in [0, 0.05) is 6.54 Å². The first kappa shape index (κ1) is 17.7. The van der Waals surface area contributed by atoms with Crippen molar-refractivity contribution < 1.29 is 10.0 Å². The molecule has 0 aromatic heterocycles. The molecule has 19 heavy (non-hydrogen) atoms. The number of nitrogens with two attached hydrogens (primary N) is 1. The number of amides is 1. The van der Waals surface area contributed by atoms with E-state index in [1.807, 2.05) is 6.92 Å². The first-order valence-electron chi connectivity index (χ1n) is 7.35. The number of unbranched alkanes of at least 4 members (excludes halogenated alkanes) is 1. The van der Waals surface area contributed by atoms with Crippen LogP contribution >= 0.6 is 0 Å². The highest BCUT2D eigenvalue weighted by Crippen LogP contribution is 2.12. The number of nitrogens with zero attached hydrogens (tertiary/aromatic N) is 1. The van der Waals surface area contributed by atoms with Crippen LogP contribution in [-0.2, 0) is 4.79 Å². The van der Waals surface area contributed by atoms with Gasteiger partial charge in [-0.15, -0.1) is 0 Å². The Morgan fingerprint density at radius 3 is 2.42 bits per heavy atom. The van der Waals surface area contributed by atoms with Crippen LogP contribution in [0.25, 0.3) is 0 Å². The van der Waals surface area contributed by atoms with Gasteiger partial charge in [-0.05, 0) is 18.8 Å². The number of carbonyl (C=O) groups excluding carboxylic acids is 1. The van der Waals surface area contributed by atoms with Crippen molar-refractivity contribution in [2.45, 2.75) is 59.3 Å². The van der Waals surface area contributed by atoms with Crippen LogP contribution in [0.5, 0.6) is 0 Å². The molecule has 112 valence electrons. The summed E-state index contributed by atoms with van der Waals surface area (Å²) in [6.07, 6.45) is 5.98. The van der Waals surface area contributed by atoms with Crippen LogP contribution in [0.1, 0.15) is 59.3 Å². The summed E-state index contributed by atoms with van der Waals surface area (Å²) >= 11 is 0. The maximum Gasteiger partial charge on any atom is 0.230 e. The summed E-state index contributed by atoms with van der Waals surface area (Å²) in [6, 6.07) is 0. The normalized spacial score (nSPS) is 15.0. The molecule has 0 saturated carbocycles. The van der Waals surface area contributed by atoms with E-state index in [0.717, 1.165) is 19.3 Å². The lowest BCUT2D eigenvalue weighted by Gasteiger charge is -2.18. The lowest BCUT2D eigenvalue weighted by Crippen LogP contribution is -2.40. The summed E-state index contributed by atoms with van der Waals surface area (Å²) in [5.74, 6) is -0.134. The number of amidine groups is 1. The van der Waals surface area contributed by atoms with Gasteiger partial charge in [0.05, 0.1) is 5.92 Å². The Balaban J connectivity index is 4.31. The van der Waals surface area contributed by atoms with E-state index in [-0.39, 0.29) is 11.7 Å². The smallest absolute Gasteiger partial charge is 0.230 e. The van der Waals surface area contributed by atoms with Crippen LogP contribution in [0.4, 0.5) is 0 Å². The van der Waals surface area contributed by atoms with E-state index < -0.39 is 5.92 Å². The van der Waals surface area contributed by atoms with Crippen molar-refractivity contribution in [3.8, 4) is 0 Å². The minimum atomic E-state index is -0.515. The number of hydrogen-bond acceptors (Lipinski definition) is 3. The Labute approximate surface area is 116 Å². The molecule has 0 aliphatic heterocycles. The van der Waals surface area contributed by atoms with Crippen molar-refractivity contribution >= 4 is 11.7 Å². The van der Waals surface area contributed by atoms with Crippen molar-refractivity contribution in [3.63, 3.8) is 0 Å². The molecule has 0 aromatic carbocycles. The number of oxime groups is 1. The maximum atomic E-state index is 12.0. The second kappa shape index (κ2) is 10.6. The van der Waals surface area contributed by atoms with Crippen molar-refractivity contribution in [2.24, 2.45) is 22.7 Å². The summed E-state index contributed by atoms with van der Waals surface area (Å²) in [6.45, 7) is 6.95. The van der Waals surface area contributed by atoms with E-state index in [9.17, 15) is 4.79 Å². The van der Waals surface area contributed by atoms with E-state index in [2.05, 4.69) is 24.3 Å². The molecule has 2 unspecified atom stereocenters. The Morgan fingerprint density at radius 2 is 1.95 bits per heavy atom. The van der Waals surface area contributed by atoms with E-state index in [1.54, 1.807) is 0 Å². The summed E-state index contributed by atoms with van der Waals surface area (Å²) in [7, 11) is 0. The lowest BCUT2D eigenvalue weighted by molar-refractivity contribution is -0.123. The molecule has 0 spiro atoms. The second-order valence-electron chi connectivity index (χ2n) is 5.03. The maximum absolute atomic E-state index is 12.0. The van der Waals surface area contributed by atoms with Gasteiger partial charge in [0.2, 0.25) is 5.91 Å². The number of nitrogens with one attached hydrogen (secondary N) is 1. The molecule has 4 N–H and O–H groups in total. The first-order valence-corrected chi connectivity index (χ1v) is 7.35. The molecule has 0 fully saturated rings. The van der Waals surface area contributed by atoms with Gasteiger partial charge in [-0.2, -0.15) is 0 Å². The number of carbonyl (C=O) groups is 1. The Morgan fingerprint density at radius 1 is 1.26 bits per heavy atom. The van der Waals surface area contributed by atoms with E-state index >= 15 is 0 Å². The van der Waals surface area contributed by atoms with Gasteiger partial charge in [-0.1, -0.05) is 51.6 Å². The molecule has 0 aliphatic rings. The molecule has 5 nitrogen and oxygen atoms in total. The predicted octanol–water partition coefficient (Wildman–Crippen LogP) is 2.48. The molecule has 0 saturated heterocycles. The van der Waals surface area contributed by atoms with Crippen LogP contribution in [0.3, 0.4) is 0 Å². The number of hydrogen-bond donors (Lipinski definition) is 3. The van der Waals surface area contributed by atoms with Crippen molar-refractivity contribution in [3.05, 3.63) is 0 Å². The standard InChI is InChI=1S/C14H29N3O2/c1-4-7-9-11(6-3)10-16-14(18)12(8-5-2)13(15)17-19/h11-12,19H,4-10H2,1-3H3,(H2,15,17)(H,16,18). The number of rotatable bonds is 10. The topological polar surface area (TPSA) is 87.7 Å². The Hall–Kier alpha value is -1.26. The first-order chi connectivity index (χ1) is 9.10. The molecule has 0 aliphatic carbocycles. The van der Waals surface area contributed by atoms with E-state index in [1.165, 1.54) is 12.8 Å². The van der Waals surface area contributed by atoms with E-state index in [4.69, 9.17) is 10.9 Å². The third-order valence-electron chi connectivity index (χ3n) is 3.47. The molecule has 0 aromatic rings. The van der Waals surface area contributed by atoms with E-state index in [0.29, 0.717) is 18.9 Å². The third kappa shape index (κ3) is 7.03. The van der Waals surface area contributed by atoms with Gasteiger partial charge in [0.15, 0.2) is 5.84 Å². The SMILES string of the molecule is CCCCC(CC)CNC(=O)C(CCC)C(N)=NO. The fourth-order valence-corrected chi connectivity index (χ4v) is 2.08. The van der Waals surface area contributed by atoms with Crippen LogP contribution in [0.2, 0.25) is 0 Å². The second-order valence-corrected chi connectivity index (χ2v) is 5.03. The van der Waals surface area contributed by atoms with Crippen LogP contribution in [-0.4, -0.2) is 23.5 Å². The molecule has 0 rings (SSSR count). The molecule has 0 bridgehead atoms.